The van der Waals surface area contributed by atoms with Crippen LogP contribution >= 0.6 is 11.3 Å². The number of aliphatic hydroxyl groups is 1. The van der Waals surface area contributed by atoms with E-state index < -0.39 is 22.8 Å². The Morgan fingerprint density at radius 2 is 1.88 bits per heavy atom. The molecule has 1 unspecified atom stereocenters. The summed E-state index contributed by atoms with van der Waals surface area (Å²) < 4.78 is 13.7. The lowest BCUT2D eigenvalue weighted by Gasteiger charge is -2.10. The van der Waals surface area contributed by atoms with Gasteiger partial charge in [0.1, 0.15) is 16.7 Å². The van der Waals surface area contributed by atoms with E-state index in [0.717, 1.165) is 5.56 Å². The molecule has 3 aromatic rings. The van der Waals surface area contributed by atoms with E-state index in [2.05, 4.69) is 22.2 Å². The highest BCUT2D eigenvalue weighted by molar-refractivity contribution is 7.82. The standard InChI is InChI=1S/C22H22N4O4S2/c1-14(27)15-6-4-7-16(10-15)19-13-31-22(24-19)25-20(28)12-23-21(29)17-8-5-9-18(11-17)32(30)26(2)3/h4-11,13,27H,1,12H2,2-3H3,(H,23,29)(H,24,25,28). The average Bonchev–Trinajstić information content (AvgIpc) is 3.25. The Labute approximate surface area is 192 Å². The first-order valence-electron chi connectivity index (χ1n) is 9.46. The van der Waals surface area contributed by atoms with Gasteiger partial charge < -0.3 is 15.7 Å². The predicted molar refractivity (Wildman–Crippen MR) is 127 cm³/mol. The third-order valence-electron chi connectivity index (χ3n) is 4.28. The second-order valence-corrected chi connectivity index (χ2v) is 9.44. The molecule has 1 heterocycles. The quantitative estimate of drug-likeness (QED) is 0.438. The molecule has 0 aliphatic rings. The number of amides is 2. The number of nitrogens with zero attached hydrogens (tertiary/aromatic N) is 2. The number of nitrogens with one attached hydrogen (secondary N) is 2. The van der Waals surface area contributed by atoms with Gasteiger partial charge in [-0.3, -0.25) is 9.59 Å². The van der Waals surface area contributed by atoms with Gasteiger partial charge in [-0.05, 0) is 38.4 Å². The summed E-state index contributed by atoms with van der Waals surface area (Å²) >= 11 is 1.25. The summed E-state index contributed by atoms with van der Waals surface area (Å²) in [4.78, 5) is 29.5. The minimum Gasteiger partial charge on any atom is -0.508 e. The molecule has 8 nitrogen and oxygen atoms in total. The SMILES string of the molecule is C=C(O)c1cccc(-c2csc(NC(=O)CNC(=O)c3cccc(S(=O)N(C)C)c3)n2)c1. The molecule has 1 atom stereocenters. The lowest BCUT2D eigenvalue weighted by Crippen LogP contribution is -2.32. The maximum absolute atomic E-state index is 12.4. The second kappa shape index (κ2) is 10.3. The molecule has 0 spiro atoms. The maximum atomic E-state index is 12.4. The molecule has 3 N–H and O–H groups in total. The van der Waals surface area contributed by atoms with Gasteiger partial charge in [-0.2, -0.15) is 0 Å². The molecule has 2 aromatic carbocycles. The zero-order valence-corrected chi connectivity index (χ0v) is 19.1. The van der Waals surface area contributed by atoms with Crippen LogP contribution in [0.25, 0.3) is 17.0 Å². The number of thiazole rings is 1. The summed E-state index contributed by atoms with van der Waals surface area (Å²) in [5.74, 6) is -0.909. The van der Waals surface area contributed by atoms with Crippen LogP contribution in [0.2, 0.25) is 0 Å². The van der Waals surface area contributed by atoms with Crippen LogP contribution in [0.15, 0.2) is 65.4 Å². The maximum Gasteiger partial charge on any atom is 0.251 e. The van der Waals surface area contributed by atoms with Crippen molar-refractivity contribution in [2.75, 3.05) is 26.0 Å². The monoisotopic (exact) mass is 470 g/mol. The molecular formula is C22H22N4O4S2. The fourth-order valence-electron chi connectivity index (χ4n) is 2.70. The van der Waals surface area contributed by atoms with Crippen molar-refractivity contribution in [3.63, 3.8) is 0 Å². The van der Waals surface area contributed by atoms with Gasteiger partial charge in [-0.1, -0.05) is 30.8 Å². The number of aliphatic hydroxyl groups excluding tert-OH is 1. The minimum absolute atomic E-state index is 0.0372. The molecule has 3 rings (SSSR count). The molecule has 10 heteroatoms. The zero-order chi connectivity index (χ0) is 23.3. The highest BCUT2D eigenvalue weighted by atomic mass is 32.2. The number of hydrogen-bond donors (Lipinski definition) is 3. The molecule has 1 aromatic heterocycles. The van der Waals surface area contributed by atoms with E-state index in [1.807, 2.05) is 6.07 Å². The number of benzene rings is 2. The van der Waals surface area contributed by atoms with Crippen LogP contribution in [-0.2, 0) is 15.8 Å². The third-order valence-corrected chi connectivity index (χ3v) is 6.36. The Morgan fingerprint density at radius 3 is 2.59 bits per heavy atom. The molecule has 0 aliphatic heterocycles. The van der Waals surface area contributed by atoms with Crippen molar-refractivity contribution in [3.8, 4) is 11.3 Å². The number of hydrogen-bond acceptors (Lipinski definition) is 6. The van der Waals surface area contributed by atoms with Gasteiger partial charge in [-0.15, -0.1) is 11.3 Å². The van der Waals surface area contributed by atoms with Crippen molar-refractivity contribution in [3.05, 3.63) is 71.6 Å². The first kappa shape index (κ1) is 23.3. The van der Waals surface area contributed by atoms with Crippen molar-refractivity contribution >= 4 is 45.0 Å². The topological polar surface area (TPSA) is 112 Å². The summed E-state index contributed by atoms with van der Waals surface area (Å²) in [6, 6.07) is 13.5. The van der Waals surface area contributed by atoms with Crippen molar-refractivity contribution in [1.29, 1.82) is 0 Å². The Hall–Kier alpha value is -3.34. The molecule has 0 bridgehead atoms. The second-order valence-electron chi connectivity index (χ2n) is 6.89. The Balaban J connectivity index is 1.58. The van der Waals surface area contributed by atoms with Crippen LogP contribution in [-0.4, -0.2) is 51.1 Å². The molecule has 0 radical (unpaired) electrons. The summed E-state index contributed by atoms with van der Waals surface area (Å²) in [6.45, 7) is 3.27. The Bertz CT molecular complexity index is 1190. The number of aromatic nitrogens is 1. The molecule has 0 saturated carbocycles. The van der Waals surface area contributed by atoms with Gasteiger partial charge >= 0.3 is 0 Å². The summed E-state index contributed by atoms with van der Waals surface area (Å²) in [6.07, 6.45) is 0. The Morgan fingerprint density at radius 1 is 1.16 bits per heavy atom. The van der Waals surface area contributed by atoms with E-state index in [4.69, 9.17) is 0 Å². The number of carbonyl (C=O) groups is 2. The van der Waals surface area contributed by atoms with Crippen molar-refractivity contribution < 1.29 is 18.9 Å². The summed E-state index contributed by atoms with van der Waals surface area (Å²) in [5, 5.41) is 16.9. The molecule has 0 fully saturated rings. The van der Waals surface area contributed by atoms with Gasteiger partial charge in [0, 0.05) is 22.1 Å². The van der Waals surface area contributed by atoms with Crippen LogP contribution in [0, 0.1) is 0 Å². The number of carbonyl (C=O) groups excluding carboxylic acids is 2. The lowest BCUT2D eigenvalue weighted by atomic mass is 10.1. The fraction of sp³-hybridized carbons (Fsp3) is 0.136. The molecular weight excluding hydrogens is 448 g/mol. The highest BCUT2D eigenvalue weighted by Gasteiger charge is 2.13. The van der Waals surface area contributed by atoms with Gasteiger partial charge in [-0.25, -0.2) is 13.5 Å². The van der Waals surface area contributed by atoms with Crippen LogP contribution in [0.3, 0.4) is 0 Å². The largest absolute Gasteiger partial charge is 0.508 e. The summed E-state index contributed by atoms with van der Waals surface area (Å²) in [7, 11) is 1.99. The predicted octanol–water partition coefficient (Wildman–Crippen LogP) is 3.29. The smallest absolute Gasteiger partial charge is 0.251 e. The van der Waals surface area contributed by atoms with Crippen LogP contribution < -0.4 is 10.6 Å². The molecule has 2 amide bonds. The van der Waals surface area contributed by atoms with E-state index in [0.29, 0.717) is 26.8 Å². The zero-order valence-electron chi connectivity index (χ0n) is 17.5. The van der Waals surface area contributed by atoms with E-state index in [9.17, 15) is 18.9 Å². The third kappa shape index (κ3) is 5.88. The Kier molecular flexibility index (Phi) is 7.52. The number of anilines is 1. The molecule has 32 heavy (non-hydrogen) atoms. The minimum atomic E-state index is -1.37. The van der Waals surface area contributed by atoms with Crippen molar-refractivity contribution in [1.82, 2.24) is 14.6 Å². The van der Waals surface area contributed by atoms with Gasteiger partial charge in [0.25, 0.3) is 5.91 Å². The number of rotatable bonds is 8. The van der Waals surface area contributed by atoms with Crippen LogP contribution in [0.5, 0.6) is 0 Å². The van der Waals surface area contributed by atoms with E-state index in [1.165, 1.54) is 21.7 Å². The first-order valence-corrected chi connectivity index (χ1v) is 11.4. The van der Waals surface area contributed by atoms with Crippen molar-refractivity contribution in [2.45, 2.75) is 4.90 Å². The average molecular weight is 471 g/mol. The van der Waals surface area contributed by atoms with Crippen molar-refractivity contribution in [2.24, 2.45) is 0 Å². The normalized spacial score (nSPS) is 11.7. The molecule has 0 saturated heterocycles. The highest BCUT2D eigenvalue weighted by Crippen LogP contribution is 2.26. The molecule has 166 valence electrons. The van der Waals surface area contributed by atoms with Crippen LogP contribution in [0.4, 0.5) is 5.13 Å². The first-order chi connectivity index (χ1) is 15.2. The fourth-order valence-corrected chi connectivity index (χ4v) is 4.28. The van der Waals surface area contributed by atoms with Gasteiger partial charge in [0.05, 0.1) is 17.1 Å². The summed E-state index contributed by atoms with van der Waals surface area (Å²) in [5.41, 5.74) is 2.32. The van der Waals surface area contributed by atoms with Gasteiger partial charge in [0.15, 0.2) is 5.13 Å². The van der Waals surface area contributed by atoms with E-state index in [-0.39, 0.29) is 12.3 Å². The molecule has 0 aliphatic carbocycles. The van der Waals surface area contributed by atoms with E-state index >= 15 is 0 Å². The van der Waals surface area contributed by atoms with Gasteiger partial charge in [0.2, 0.25) is 5.91 Å². The van der Waals surface area contributed by atoms with Crippen LogP contribution in [0.1, 0.15) is 15.9 Å². The lowest BCUT2D eigenvalue weighted by molar-refractivity contribution is -0.115. The van der Waals surface area contributed by atoms with E-state index in [1.54, 1.807) is 55.9 Å².